The third kappa shape index (κ3) is 8.49. The van der Waals surface area contributed by atoms with Crippen molar-refractivity contribution in [3.63, 3.8) is 0 Å². The minimum absolute atomic E-state index is 0.000863. The second-order valence-electron chi connectivity index (χ2n) is 13.7. The standard InChI is InChI=1S/C39H49FN6O6/c1-3-42-16-18-43(19-17-42)26-36(49)44-20-22-45(23-21-44)39(51)41-25-27-4-10-30(11-5-27)46-37(32-13-12-31(52-2)24-35(32)48)33(38(46)50)14-15-34(47)28-6-8-29(40)9-7-28/h4-13,24,33-34,37,47-48H,3,14-23,25-26H2,1-2H3,(H,41,51). The highest BCUT2D eigenvalue weighted by molar-refractivity contribution is 6.03. The zero-order chi connectivity index (χ0) is 36.8. The van der Waals surface area contributed by atoms with Crippen LogP contribution < -0.4 is 15.0 Å². The van der Waals surface area contributed by atoms with Gasteiger partial charge >= 0.3 is 6.03 Å². The van der Waals surface area contributed by atoms with E-state index >= 15 is 0 Å². The van der Waals surface area contributed by atoms with E-state index in [0.717, 1.165) is 38.3 Å². The largest absolute Gasteiger partial charge is 0.507 e. The molecule has 3 fully saturated rings. The topological polar surface area (TPSA) is 129 Å². The van der Waals surface area contributed by atoms with Crippen molar-refractivity contribution >= 4 is 23.5 Å². The highest BCUT2D eigenvalue weighted by Gasteiger charge is 2.49. The summed E-state index contributed by atoms with van der Waals surface area (Å²) < 4.78 is 18.7. The summed E-state index contributed by atoms with van der Waals surface area (Å²) in [5.41, 5.74) is 2.63. The molecular formula is C39H49FN6O6. The summed E-state index contributed by atoms with van der Waals surface area (Å²) in [5, 5.41) is 24.7. The minimum atomic E-state index is -0.870. The summed E-state index contributed by atoms with van der Waals surface area (Å²) >= 11 is 0. The van der Waals surface area contributed by atoms with Crippen LogP contribution in [0.1, 0.15) is 48.6 Å². The number of nitrogens with one attached hydrogen (secondary N) is 1. The van der Waals surface area contributed by atoms with Crippen LogP contribution in [0.4, 0.5) is 14.9 Å². The molecular weight excluding hydrogens is 667 g/mol. The number of hydrogen-bond donors (Lipinski definition) is 3. The maximum Gasteiger partial charge on any atom is 0.317 e. The van der Waals surface area contributed by atoms with Gasteiger partial charge in [-0.3, -0.25) is 14.5 Å². The molecule has 0 aromatic heterocycles. The minimum Gasteiger partial charge on any atom is -0.507 e. The van der Waals surface area contributed by atoms with Crippen molar-refractivity contribution in [3.05, 3.63) is 89.2 Å². The van der Waals surface area contributed by atoms with Crippen molar-refractivity contribution < 1.29 is 33.7 Å². The Balaban J connectivity index is 1.03. The summed E-state index contributed by atoms with van der Waals surface area (Å²) in [6.07, 6.45) is -0.234. The van der Waals surface area contributed by atoms with Gasteiger partial charge in [0, 0.05) is 76.2 Å². The highest BCUT2D eigenvalue weighted by atomic mass is 19.1. The number of phenolic OH excluding ortho intramolecular Hbond substituents is 1. The number of nitrogens with zero attached hydrogens (tertiary/aromatic N) is 5. The van der Waals surface area contributed by atoms with Crippen LogP contribution >= 0.6 is 0 Å². The molecule has 52 heavy (non-hydrogen) atoms. The molecule has 13 heteroatoms. The van der Waals surface area contributed by atoms with E-state index in [2.05, 4.69) is 22.0 Å². The van der Waals surface area contributed by atoms with E-state index in [1.165, 1.54) is 37.4 Å². The summed E-state index contributed by atoms with van der Waals surface area (Å²) in [7, 11) is 1.51. The van der Waals surface area contributed by atoms with Gasteiger partial charge in [-0.1, -0.05) is 31.2 Å². The Bertz CT molecular complexity index is 1690. The first-order valence-electron chi connectivity index (χ1n) is 18.1. The first-order chi connectivity index (χ1) is 25.1. The molecule has 3 aliphatic rings. The van der Waals surface area contributed by atoms with Gasteiger partial charge in [0.15, 0.2) is 0 Å². The smallest absolute Gasteiger partial charge is 0.317 e. The molecule has 3 heterocycles. The van der Waals surface area contributed by atoms with E-state index in [0.29, 0.717) is 68.3 Å². The molecule has 3 aliphatic heterocycles. The first-order valence-corrected chi connectivity index (χ1v) is 18.1. The normalized spacial score (nSPS) is 20.4. The van der Waals surface area contributed by atoms with Crippen LogP contribution in [0.2, 0.25) is 0 Å². The number of aliphatic hydroxyl groups excluding tert-OH is 1. The average Bonchev–Trinajstić information content (AvgIpc) is 3.17. The third-order valence-electron chi connectivity index (χ3n) is 10.6. The number of hydrogen-bond acceptors (Lipinski definition) is 8. The summed E-state index contributed by atoms with van der Waals surface area (Å²) in [4.78, 5) is 49.4. The fraction of sp³-hybridized carbons (Fsp3) is 0.462. The molecule has 0 saturated carbocycles. The Hall–Kier alpha value is -4.72. The number of urea groups is 1. The number of aromatic hydroxyl groups is 1. The van der Waals surface area contributed by atoms with E-state index in [-0.39, 0.29) is 35.8 Å². The van der Waals surface area contributed by atoms with E-state index in [1.807, 2.05) is 29.2 Å². The van der Waals surface area contributed by atoms with E-state index in [9.17, 15) is 29.0 Å². The second-order valence-corrected chi connectivity index (χ2v) is 13.7. The Morgan fingerprint density at radius 1 is 0.904 bits per heavy atom. The van der Waals surface area contributed by atoms with Crippen LogP contribution in [0.15, 0.2) is 66.7 Å². The number of likely N-dealkylation sites (N-methyl/N-ethyl adjacent to an activating group) is 1. The third-order valence-corrected chi connectivity index (χ3v) is 10.6. The van der Waals surface area contributed by atoms with Crippen LogP contribution in [0.25, 0.3) is 0 Å². The second kappa shape index (κ2) is 16.7. The van der Waals surface area contributed by atoms with Crippen LogP contribution in [-0.2, 0) is 16.1 Å². The number of piperazine rings is 2. The molecule has 0 aliphatic carbocycles. The van der Waals surface area contributed by atoms with Gasteiger partial charge < -0.3 is 39.9 Å². The van der Waals surface area contributed by atoms with E-state index in [1.54, 1.807) is 21.9 Å². The highest BCUT2D eigenvalue weighted by Crippen LogP contribution is 2.49. The van der Waals surface area contributed by atoms with Crippen LogP contribution in [0.3, 0.4) is 0 Å². The number of anilines is 1. The van der Waals surface area contributed by atoms with Gasteiger partial charge in [0.2, 0.25) is 11.8 Å². The van der Waals surface area contributed by atoms with Crippen LogP contribution in [0.5, 0.6) is 11.5 Å². The predicted molar refractivity (Wildman–Crippen MR) is 194 cm³/mol. The number of benzene rings is 3. The molecule has 278 valence electrons. The molecule has 3 aromatic rings. The van der Waals surface area contributed by atoms with Crippen LogP contribution in [-0.4, -0.2) is 120 Å². The molecule has 4 amide bonds. The van der Waals surface area contributed by atoms with Gasteiger partial charge in [-0.15, -0.1) is 0 Å². The Morgan fingerprint density at radius 3 is 2.19 bits per heavy atom. The Morgan fingerprint density at radius 2 is 1.56 bits per heavy atom. The predicted octanol–water partition coefficient (Wildman–Crippen LogP) is 3.75. The van der Waals surface area contributed by atoms with Crippen molar-refractivity contribution in [3.8, 4) is 11.5 Å². The molecule has 3 atom stereocenters. The number of halogens is 1. The molecule has 3 N–H and O–H groups in total. The van der Waals surface area contributed by atoms with Gasteiger partial charge in [0.05, 0.1) is 31.7 Å². The zero-order valence-electron chi connectivity index (χ0n) is 29.9. The number of methoxy groups -OCH3 is 1. The molecule has 0 bridgehead atoms. The number of amides is 4. The quantitative estimate of drug-likeness (QED) is 0.242. The van der Waals surface area contributed by atoms with Crippen molar-refractivity contribution in [2.45, 2.75) is 38.5 Å². The lowest BCUT2D eigenvalue weighted by Crippen LogP contribution is -2.55. The number of carbonyl (C=O) groups is 3. The number of phenols is 1. The zero-order valence-corrected chi connectivity index (χ0v) is 29.9. The summed E-state index contributed by atoms with van der Waals surface area (Å²) in [5.74, 6) is -0.422. The molecule has 3 unspecified atom stereocenters. The molecule has 0 spiro atoms. The summed E-state index contributed by atoms with van der Waals surface area (Å²) in [6, 6.07) is 17.3. The van der Waals surface area contributed by atoms with Gasteiger partial charge in [-0.05, 0) is 66.9 Å². The lowest BCUT2D eigenvalue weighted by molar-refractivity contribution is -0.134. The monoisotopic (exact) mass is 716 g/mol. The molecule has 0 radical (unpaired) electrons. The molecule has 12 nitrogen and oxygen atoms in total. The van der Waals surface area contributed by atoms with E-state index in [4.69, 9.17) is 4.74 Å². The fourth-order valence-electron chi connectivity index (χ4n) is 7.34. The molecule has 3 saturated heterocycles. The first kappa shape index (κ1) is 37.1. The lowest BCUT2D eigenvalue weighted by Gasteiger charge is -2.48. The van der Waals surface area contributed by atoms with Gasteiger partial charge in [0.1, 0.15) is 17.3 Å². The molecule has 6 rings (SSSR count). The Kier molecular flexibility index (Phi) is 11.9. The molecule has 3 aromatic carbocycles. The maximum absolute atomic E-state index is 13.6. The number of carbonyl (C=O) groups excluding carboxylic acids is 3. The van der Waals surface area contributed by atoms with Crippen molar-refractivity contribution in [1.82, 2.24) is 24.9 Å². The van der Waals surface area contributed by atoms with Crippen molar-refractivity contribution in [1.29, 1.82) is 0 Å². The Labute approximate surface area is 304 Å². The number of rotatable bonds is 12. The summed E-state index contributed by atoms with van der Waals surface area (Å²) in [6.45, 7) is 9.64. The fourth-order valence-corrected chi connectivity index (χ4v) is 7.34. The SMILES string of the molecule is CCN1CCN(CC(=O)N2CCN(C(=O)NCc3ccc(N4C(=O)C(CCC(O)c5ccc(F)cc5)C4c4ccc(OC)cc4O)cc3)CC2)CC1. The van der Waals surface area contributed by atoms with Gasteiger partial charge in [0.25, 0.3) is 0 Å². The van der Waals surface area contributed by atoms with Crippen LogP contribution in [0, 0.1) is 11.7 Å². The van der Waals surface area contributed by atoms with Crippen molar-refractivity contribution in [2.24, 2.45) is 5.92 Å². The number of β-lactam (4-membered cyclic amide) rings is 1. The van der Waals surface area contributed by atoms with Crippen molar-refractivity contribution in [2.75, 3.05) is 77.5 Å². The number of aliphatic hydroxyl groups is 1. The lowest BCUT2D eigenvalue weighted by atomic mass is 9.78. The number of ether oxygens (including phenoxy) is 1. The maximum atomic E-state index is 13.6. The van der Waals surface area contributed by atoms with E-state index < -0.39 is 18.1 Å². The average molecular weight is 717 g/mol. The van der Waals surface area contributed by atoms with Gasteiger partial charge in [-0.2, -0.15) is 0 Å². The van der Waals surface area contributed by atoms with Gasteiger partial charge in [-0.25, -0.2) is 9.18 Å².